The van der Waals surface area contributed by atoms with Crippen LogP contribution < -0.4 is 5.32 Å². The molecule has 2 saturated heterocycles. The number of ether oxygens (including phenoxy) is 5. The van der Waals surface area contributed by atoms with Crippen molar-refractivity contribution in [2.24, 2.45) is 23.7 Å². The SMILES string of the molecule is CC[C@H]1OC(=O)[C@H](C)C(=O)[C@H](C)[C@@H](O[C@H]2O[C@@H](C)C[C@@H](N(C)C)[C@@H]2O)[C@](C)(OC)C[C@@H](C)C(=O)[C@H](C)[C@@H](OC(=O)NCCn2cc(-c3ccc([N+](=O)[O-])cc3)nn2)[C@]1(C)O. The van der Waals surface area contributed by atoms with Crippen molar-refractivity contribution in [3.8, 4) is 11.3 Å². The van der Waals surface area contributed by atoms with Gasteiger partial charge in [-0.15, -0.1) is 5.10 Å². The van der Waals surface area contributed by atoms with Gasteiger partial charge in [-0.3, -0.25) is 29.2 Å². The molecule has 0 radical (unpaired) electrons. The number of cyclic esters (lactones) is 1. The Bertz CT molecular complexity index is 1820. The van der Waals surface area contributed by atoms with Crippen LogP contribution in [0.25, 0.3) is 11.3 Å². The lowest BCUT2D eigenvalue weighted by Gasteiger charge is -2.47. The highest BCUT2D eigenvalue weighted by Gasteiger charge is 2.53. The van der Waals surface area contributed by atoms with Crippen molar-refractivity contribution >= 4 is 29.3 Å². The maximum Gasteiger partial charge on any atom is 0.407 e. The summed E-state index contributed by atoms with van der Waals surface area (Å²) in [7, 11) is 5.09. The zero-order chi connectivity index (χ0) is 44.9. The average molecular weight is 847 g/mol. The first-order valence-electron chi connectivity index (χ1n) is 20.4. The molecule has 0 aliphatic carbocycles. The van der Waals surface area contributed by atoms with Crippen LogP contribution in [-0.4, -0.2) is 140 Å². The second-order valence-corrected chi connectivity index (χ2v) is 16.8. The number of nitrogens with zero attached hydrogens (tertiary/aromatic N) is 5. The van der Waals surface area contributed by atoms with E-state index in [9.17, 15) is 39.5 Å². The predicted octanol–water partition coefficient (Wildman–Crippen LogP) is 3.32. The number of likely N-dealkylation sites (N-methyl/N-ethyl adjacent to an activating group) is 1. The number of ketones is 2. The summed E-state index contributed by atoms with van der Waals surface area (Å²) >= 11 is 0. The first kappa shape index (κ1) is 48.3. The number of aliphatic hydroxyl groups excluding tert-OH is 1. The number of methoxy groups -OCH3 is 1. The van der Waals surface area contributed by atoms with Crippen molar-refractivity contribution in [1.29, 1.82) is 0 Å². The van der Waals surface area contributed by atoms with E-state index in [0.29, 0.717) is 17.7 Å². The summed E-state index contributed by atoms with van der Waals surface area (Å²) in [4.78, 5) is 68.2. The van der Waals surface area contributed by atoms with Gasteiger partial charge in [0, 0.05) is 49.2 Å². The minimum atomic E-state index is -2.12. The lowest BCUT2D eigenvalue weighted by atomic mass is 9.74. The zero-order valence-corrected chi connectivity index (χ0v) is 36.4. The van der Waals surface area contributed by atoms with Crippen molar-refractivity contribution in [2.45, 2.75) is 135 Å². The van der Waals surface area contributed by atoms with E-state index in [1.54, 1.807) is 46.0 Å². The lowest BCUT2D eigenvalue weighted by molar-refractivity contribution is -0.384. The number of benzene rings is 1. The third-order valence-electron chi connectivity index (χ3n) is 12.0. The van der Waals surface area contributed by atoms with Crippen molar-refractivity contribution in [1.82, 2.24) is 25.2 Å². The molecule has 19 nitrogen and oxygen atoms in total. The Labute approximate surface area is 350 Å². The van der Waals surface area contributed by atoms with Gasteiger partial charge in [0.15, 0.2) is 12.1 Å². The van der Waals surface area contributed by atoms with Crippen molar-refractivity contribution < 1.29 is 58.0 Å². The van der Waals surface area contributed by atoms with E-state index >= 15 is 0 Å². The molecular formula is C41H62N6O13. The number of carbonyl (C=O) groups is 4. The van der Waals surface area contributed by atoms with Crippen LogP contribution in [0.4, 0.5) is 10.5 Å². The molecule has 0 unspecified atom stereocenters. The zero-order valence-electron chi connectivity index (χ0n) is 36.4. The number of amides is 1. The van der Waals surface area contributed by atoms with E-state index < -0.39 is 94.1 Å². The van der Waals surface area contributed by atoms with E-state index in [2.05, 4.69) is 15.6 Å². The van der Waals surface area contributed by atoms with Crippen molar-refractivity contribution in [3.63, 3.8) is 0 Å². The number of Topliss-reactive ketones (excluding diaryl/α,β-unsaturated/α-hetero) is 2. The average Bonchev–Trinajstić information content (AvgIpc) is 3.68. The van der Waals surface area contributed by atoms with E-state index in [1.165, 1.54) is 44.7 Å². The van der Waals surface area contributed by atoms with E-state index in [-0.39, 0.29) is 43.8 Å². The molecule has 2 fully saturated rings. The Morgan fingerprint density at radius 1 is 1.07 bits per heavy atom. The molecule has 2 aliphatic rings. The fraction of sp³-hybridized carbons (Fsp3) is 0.707. The van der Waals surface area contributed by atoms with Crippen LogP contribution in [0.1, 0.15) is 74.7 Å². The van der Waals surface area contributed by atoms with Crippen LogP contribution in [0.15, 0.2) is 30.5 Å². The molecular weight excluding hydrogens is 784 g/mol. The summed E-state index contributed by atoms with van der Waals surface area (Å²) in [6.45, 7) is 12.8. The quantitative estimate of drug-likeness (QED) is 0.127. The van der Waals surface area contributed by atoms with Crippen LogP contribution in [0.2, 0.25) is 0 Å². The number of nitro groups is 1. The highest BCUT2D eigenvalue weighted by atomic mass is 16.7. The van der Waals surface area contributed by atoms with Gasteiger partial charge in [0.05, 0.1) is 41.4 Å². The molecule has 0 bridgehead atoms. The van der Waals surface area contributed by atoms with Gasteiger partial charge in [-0.25, -0.2) is 4.79 Å². The highest BCUT2D eigenvalue weighted by molar-refractivity contribution is 6.00. The van der Waals surface area contributed by atoms with Gasteiger partial charge in [-0.2, -0.15) is 0 Å². The van der Waals surface area contributed by atoms with Crippen LogP contribution in [-0.2, 0) is 44.6 Å². The number of hydrogen-bond donors (Lipinski definition) is 3. The predicted molar refractivity (Wildman–Crippen MR) is 215 cm³/mol. The van der Waals surface area contributed by atoms with Crippen molar-refractivity contribution in [3.05, 3.63) is 40.6 Å². The molecule has 13 atom stereocenters. The second-order valence-electron chi connectivity index (χ2n) is 16.8. The Morgan fingerprint density at radius 2 is 1.70 bits per heavy atom. The van der Waals surface area contributed by atoms with Gasteiger partial charge in [0.25, 0.3) is 5.69 Å². The fourth-order valence-corrected chi connectivity index (χ4v) is 8.36. The largest absolute Gasteiger partial charge is 0.459 e. The first-order chi connectivity index (χ1) is 28.1. The number of nitrogens with one attached hydrogen (secondary N) is 1. The van der Waals surface area contributed by atoms with Crippen LogP contribution >= 0.6 is 0 Å². The maximum atomic E-state index is 14.4. The molecule has 334 valence electrons. The van der Waals surface area contributed by atoms with Gasteiger partial charge in [-0.1, -0.05) is 32.9 Å². The Kier molecular flexibility index (Phi) is 16.1. The lowest BCUT2D eigenvalue weighted by Crippen LogP contribution is -2.60. The molecule has 2 aromatic rings. The Balaban J connectivity index is 1.60. The smallest absolute Gasteiger partial charge is 0.407 e. The molecule has 1 aromatic carbocycles. The molecule has 2 aliphatic heterocycles. The minimum absolute atomic E-state index is 0.0126. The molecule has 4 rings (SSSR count). The Hall–Kier alpha value is -4.40. The number of esters is 1. The maximum absolute atomic E-state index is 14.4. The molecule has 60 heavy (non-hydrogen) atoms. The highest BCUT2D eigenvalue weighted by Crippen LogP contribution is 2.39. The molecule has 3 N–H and O–H groups in total. The summed E-state index contributed by atoms with van der Waals surface area (Å²) in [5.74, 6) is -6.28. The summed E-state index contributed by atoms with van der Waals surface area (Å²) in [6.07, 6.45) is -5.43. The molecule has 1 amide bonds. The third-order valence-corrected chi connectivity index (χ3v) is 12.0. The van der Waals surface area contributed by atoms with E-state index in [1.807, 2.05) is 25.9 Å². The summed E-state index contributed by atoms with van der Waals surface area (Å²) < 4.78 is 31.8. The number of non-ortho nitro benzene ring substituents is 1. The van der Waals surface area contributed by atoms with Crippen LogP contribution in [0.5, 0.6) is 0 Å². The minimum Gasteiger partial charge on any atom is -0.459 e. The molecule has 3 heterocycles. The van der Waals surface area contributed by atoms with E-state index in [0.717, 1.165) is 0 Å². The van der Waals surface area contributed by atoms with E-state index in [4.69, 9.17) is 23.7 Å². The number of rotatable bonds is 11. The number of aromatic nitrogens is 3. The number of carbonyl (C=O) groups excluding carboxylic acids is 4. The number of hydrogen-bond acceptors (Lipinski definition) is 16. The number of nitro benzene ring substituents is 1. The van der Waals surface area contributed by atoms with Crippen molar-refractivity contribution in [2.75, 3.05) is 27.7 Å². The summed E-state index contributed by atoms with van der Waals surface area (Å²) in [5, 5.41) is 45.3. The molecule has 0 spiro atoms. The third kappa shape index (κ3) is 10.9. The molecule has 1 aromatic heterocycles. The summed E-state index contributed by atoms with van der Waals surface area (Å²) in [5.41, 5.74) is -2.52. The van der Waals surface area contributed by atoms with Crippen LogP contribution in [0.3, 0.4) is 0 Å². The topological polar surface area (TPSA) is 244 Å². The van der Waals surface area contributed by atoms with Gasteiger partial charge in [-0.05, 0) is 73.2 Å². The number of aliphatic hydroxyl groups is 2. The molecule has 19 heteroatoms. The second kappa shape index (κ2) is 20.0. The molecule has 0 saturated carbocycles. The fourth-order valence-electron chi connectivity index (χ4n) is 8.36. The van der Waals surface area contributed by atoms with Gasteiger partial charge < -0.3 is 44.1 Å². The normalized spacial score (nSPS) is 34.8. The Morgan fingerprint density at radius 3 is 2.28 bits per heavy atom. The monoisotopic (exact) mass is 846 g/mol. The van der Waals surface area contributed by atoms with Gasteiger partial charge in [0.2, 0.25) is 0 Å². The van der Waals surface area contributed by atoms with Gasteiger partial charge >= 0.3 is 12.1 Å². The van der Waals surface area contributed by atoms with Crippen LogP contribution in [0, 0.1) is 33.8 Å². The standard InChI is InChI=1S/C41H62N6O13/c1-12-31-41(8,53)36(60-39(52)42-17-18-46-21-29(43-44-46)27-13-15-28(16-14-27)47(54)55)24(4)32(48)22(2)20-40(7,56-11)35(25(5)33(49)26(6)37(51)58-31)59-38-34(50)30(45(9)10)19-23(3)57-38/h13-16,21-26,30-31,34-36,38,50,53H,12,17-20H2,1-11H3,(H,42,52)/t22-,23+,24+,25+,26-,30-,31-,34+,35-,36-,38-,40-,41-/m1/s1. The summed E-state index contributed by atoms with van der Waals surface area (Å²) in [6, 6.07) is 5.47. The number of alkyl carbamates (subject to hydrolysis) is 1. The van der Waals surface area contributed by atoms with Gasteiger partial charge in [0.1, 0.15) is 41.3 Å². The first-order valence-corrected chi connectivity index (χ1v) is 20.4.